The second-order valence-electron chi connectivity index (χ2n) is 4.62. The molecule has 1 N–H and O–H groups in total. The molecule has 0 aliphatic rings. The molecule has 0 bridgehead atoms. The van der Waals surface area contributed by atoms with Crippen LogP contribution in [0, 0.1) is 0 Å². The molecule has 1 aromatic carbocycles. The van der Waals surface area contributed by atoms with Crippen LogP contribution in [0.25, 0.3) is 17.0 Å². The summed E-state index contributed by atoms with van der Waals surface area (Å²) in [5.74, 6) is 0. The largest absolute Gasteiger partial charge is 0.383 e. The molecule has 0 saturated carbocycles. The number of pyridine rings is 1. The van der Waals surface area contributed by atoms with Gasteiger partial charge in [0.1, 0.15) is 0 Å². The van der Waals surface area contributed by atoms with Crippen LogP contribution in [0.4, 0.5) is 0 Å². The number of benzene rings is 1. The van der Waals surface area contributed by atoms with Crippen LogP contribution < -0.4 is 5.32 Å². The van der Waals surface area contributed by atoms with Gasteiger partial charge in [-0.15, -0.1) is 0 Å². The van der Waals surface area contributed by atoms with E-state index >= 15 is 0 Å². The van der Waals surface area contributed by atoms with Crippen LogP contribution in [-0.2, 0) is 4.74 Å². The van der Waals surface area contributed by atoms with Crippen LogP contribution in [0.5, 0.6) is 0 Å². The molecule has 2 aromatic rings. The number of rotatable bonds is 6. The molecule has 1 heterocycles. The molecule has 0 saturated heterocycles. The minimum atomic E-state index is 0.745. The summed E-state index contributed by atoms with van der Waals surface area (Å²) < 4.78 is 5.00. The molecule has 0 radical (unpaired) electrons. The van der Waals surface area contributed by atoms with Crippen molar-refractivity contribution >= 4 is 17.0 Å². The maximum atomic E-state index is 5.00. The maximum Gasteiger partial charge on any atom is 0.0702 e. The van der Waals surface area contributed by atoms with Crippen LogP contribution in [0.2, 0.25) is 0 Å². The second kappa shape index (κ2) is 7.02. The van der Waals surface area contributed by atoms with E-state index in [1.54, 1.807) is 7.11 Å². The first-order valence-electron chi connectivity index (χ1n) is 6.51. The molecule has 2 rings (SSSR count). The number of methoxy groups -OCH3 is 1. The number of nitrogens with zero attached hydrogens (tertiary/aromatic N) is 1. The molecule has 19 heavy (non-hydrogen) atoms. The predicted molar refractivity (Wildman–Crippen MR) is 80.1 cm³/mol. The van der Waals surface area contributed by atoms with Gasteiger partial charge < -0.3 is 10.1 Å². The molecule has 0 aliphatic heterocycles. The van der Waals surface area contributed by atoms with Crippen molar-refractivity contribution in [1.29, 1.82) is 0 Å². The Hall–Kier alpha value is -1.71. The molecular formula is C16H20N2O. The average molecular weight is 256 g/mol. The van der Waals surface area contributed by atoms with Gasteiger partial charge in [0.15, 0.2) is 0 Å². The molecule has 0 fully saturated rings. The molecule has 3 nitrogen and oxygen atoms in total. The van der Waals surface area contributed by atoms with E-state index in [-0.39, 0.29) is 0 Å². The minimum absolute atomic E-state index is 0.745. The van der Waals surface area contributed by atoms with E-state index in [1.807, 2.05) is 12.3 Å². The highest BCUT2D eigenvalue weighted by molar-refractivity contribution is 5.81. The van der Waals surface area contributed by atoms with Gasteiger partial charge in [0.25, 0.3) is 0 Å². The minimum Gasteiger partial charge on any atom is -0.383 e. The molecule has 1 aromatic heterocycles. The summed E-state index contributed by atoms with van der Waals surface area (Å²) in [7, 11) is 1.72. The highest BCUT2D eigenvalue weighted by Crippen LogP contribution is 2.15. The van der Waals surface area contributed by atoms with Crippen molar-refractivity contribution in [2.75, 3.05) is 26.8 Å². The van der Waals surface area contributed by atoms with Crippen molar-refractivity contribution in [3.8, 4) is 0 Å². The van der Waals surface area contributed by atoms with E-state index in [2.05, 4.69) is 47.6 Å². The summed E-state index contributed by atoms with van der Waals surface area (Å²) >= 11 is 0. The van der Waals surface area contributed by atoms with Crippen molar-refractivity contribution in [3.63, 3.8) is 0 Å². The van der Waals surface area contributed by atoms with Gasteiger partial charge >= 0.3 is 0 Å². The Kier molecular flexibility index (Phi) is 5.07. The fourth-order valence-electron chi connectivity index (χ4n) is 1.98. The summed E-state index contributed by atoms with van der Waals surface area (Å²) in [6.45, 7) is 4.64. The van der Waals surface area contributed by atoms with Gasteiger partial charge in [-0.25, -0.2) is 0 Å². The summed E-state index contributed by atoms with van der Waals surface area (Å²) in [5.41, 5.74) is 3.56. The highest BCUT2D eigenvalue weighted by Gasteiger charge is 1.96. The summed E-state index contributed by atoms with van der Waals surface area (Å²) in [4.78, 5) is 4.32. The number of aromatic nitrogens is 1. The lowest BCUT2D eigenvalue weighted by Gasteiger charge is -2.05. The van der Waals surface area contributed by atoms with Crippen LogP contribution in [0.1, 0.15) is 12.5 Å². The van der Waals surface area contributed by atoms with Gasteiger partial charge in [-0.05, 0) is 30.7 Å². The number of ether oxygens (including phenoxy) is 1. The Bertz CT molecular complexity index is 563. The van der Waals surface area contributed by atoms with E-state index in [0.717, 1.165) is 25.2 Å². The Labute approximate surface area is 114 Å². The molecule has 100 valence electrons. The Balaban J connectivity index is 2.03. The normalized spacial score (nSPS) is 12.0. The number of hydrogen-bond donors (Lipinski definition) is 1. The van der Waals surface area contributed by atoms with Gasteiger partial charge in [0, 0.05) is 31.8 Å². The van der Waals surface area contributed by atoms with Crippen molar-refractivity contribution in [3.05, 3.63) is 47.7 Å². The lowest BCUT2D eigenvalue weighted by atomic mass is 10.1. The van der Waals surface area contributed by atoms with Crippen LogP contribution in [0.15, 0.2) is 42.1 Å². The molecule has 0 aliphatic carbocycles. The van der Waals surface area contributed by atoms with E-state index in [1.165, 1.54) is 16.5 Å². The first-order chi connectivity index (χ1) is 9.29. The van der Waals surface area contributed by atoms with Gasteiger partial charge in [-0.3, -0.25) is 4.98 Å². The van der Waals surface area contributed by atoms with E-state index < -0.39 is 0 Å². The first kappa shape index (κ1) is 13.7. The van der Waals surface area contributed by atoms with E-state index in [4.69, 9.17) is 4.74 Å². The molecule has 0 amide bonds. The van der Waals surface area contributed by atoms with Crippen molar-refractivity contribution < 1.29 is 4.74 Å². The predicted octanol–water partition coefficient (Wildman–Crippen LogP) is 2.87. The zero-order valence-electron chi connectivity index (χ0n) is 11.5. The third-order valence-corrected chi connectivity index (χ3v) is 2.93. The fraction of sp³-hybridized carbons (Fsp3) is 0.312. The molecular weight excluding hydrogens is 236 g/mol. The fourth-order valence-corrected chi connectivity index (χ4v) is 1.98. The lowest BCUT2D eigenvalue weighted by Crippen LogP contribution is -2.20. The van der Waals surface area contributed by atoms with Crippen LogP contribution in [0.3, 0.4) is 0 Å². The van der Waals surface area contributed by atoms with Crippen molar-refractivity contribution in [2.24, 2.45) is 0 Å². The van der Waals surface area contributed by atoms with Gasteiger partial charge in [-0.1, -0.05) is 23.8 Å². The van der Waals surface area contributed by atoms with Crippen molar-refractivity contribution in [2.45, 2.75) is 6.92 Å². The summed E-state index contributed by atoms with van der Waals surface area (Å²) in [6.07, 6.45) is 4.02. The first-order valence-corrected chi connectivity index (χ1v) is 6.51. The monoisotopic (exact) mass is 256 g/mol. The van der Waals surface area contributed by atoms with E-state index in [0.29, 0.717) is 0 Å². The number of nitrogens with one attached hydrogen (secondary N) is 1. The second-order valence-corrected chi connectivity index (χ2v) is 4.62. The standard InChI is InChI=1S/C16H20N2O/c1-13(12-17-8-9-19-2)10-14-5-6-16-15(11-14)4-3-7-18-16/h3-7,10-11,17H,8-9,12H2,1-2H3. The van der Waals surface area contributed by atoms with Crippen LogP contribution >= 0.6 is 0 Å². The van der Waals surface area contributed by atoms with E-state index in [9.17, 15) is 0 Å². The van der Waals surface area contributed by atoms with Gasteiger partial charge in [-0.2, -0.15) is 0 Å². The topological polar surface area (TPSA) is 34.1 Å². The number of hydrogen-bond acceptors (Lipinski definition) is 3. The van der Waals surface area contributed by atoms with Gasteiger partial charge in [0.2, 0.25) is 0 Å². The maximum absolute atomic E-state index is 5.00. The Morgan fingerprint density at radius 1 is 1.37 bits per heavy atom. The third kappa shape index (κ3) is 4.16. The third-order valence-electron chi connectivity index (χ3n) is 2.93. The highest BCUT2D eigenvalue weighted by atomic mass is 16.5. The number of fused-ring (bicyclic) bond motifs is 1. The Morgan fingerprint density at radius 2 is 2.26 bits per heavy atom. The molecule has 0 atom stereocenters. The zero-order chi connectivity index (χ0) is 13.5. The van der Waals surface area contributed by atoms with Crippen molar-refractivity contribution in [1.82, 2.24) is 10.3 Å². The lowest BCUT2D eigenvalue weighted by molar-refractivity contribution is 0.200. The molecule has 3 heteroatoms. The quantitative estimate of drug-likeness (QED) is 0.807. The smallest absolute Gasteiger partial charge is 0.0702 e. The summed E-state index contributed by atoms with van der Waals surface area (Å²) in [5, 5.41) is 4.52. The molecule has 0 spiro atoms. The average Bonchev–Trinajstić information content (AvgIpc) is 2.43. The summed E-state index contributed by atoms with van der Waals surface area (Å²) in [6, 6.07) is 10.4. The Morgan fingerprint density at radius 3 is 3.11 bits per heavy atom. The molecule has 0 unspecified atom stereocenters. The SMILES string of the molecule is COCCNCC(C)=Cc1ccc2ncccc2c1. The van der Waals surface area contributed by atoms with Crippen LogP contribution in [-0.4, -0.2) is 31.8 Å². The zero-order valence-corrected chi connectivity index (χ0v) is 11.5. The van der Waals surface area contributed by atoms with Gasteiger partial charge in [0.05, 0.1) is 12.1 Å².